The van der Waals surface area contributed by atoms with E-state index in [-0.39, 0.29) is 16.9 Å². The standard InChI is InChI=1S/C18H16F2O/c1-12-8-9-14(16(20)15(12)19)17(21)18(10-5-11-18)13-6-3-2-4-7-13/h2-4,6-9H,5,10-11H2,1H3. The predicted octanol–water partition coefficient (Wildman–Crippen LogP) is 4.58. The first-order valence-electron chi connectivity index (χ1n) is 7.11. The van der Waals surface area contributed by atoms with Crippen LogP contribution in [0, 0.1) is 18.6 Å². The van der Waals surface area contributed by atoms with Crippen molar-refractivity contribution in [2.45, 2.75) is 31.6 Å². The highest BCUT2D eigenvalue weighted by molar-refractivity contribution is 6.05. The van der Waals surface area contributed by atoms with E-state index >= 15 is 0 Å². The van der Waals surface area contributed by atoms with Crippen LogP contribution in [0.15, 0.2) is 42.5 Å². The number of ketones is 1. The Balaban J connectivity index is 2.07. The van der Waals surface area contributed by atoms with Gasteiger partial charge in [0.05, 0.1) is 11.0 Å². The number of halogens is 2. The molecule has 0 amide bonds. The normalized spacial score (nSPS) is 16.3. The van der Waals surface area contributed by atoms with E-state index in [2.05, 4.69) is 0 Å². The van der Waals surface area contributed by atoms with Crippen LogP contribution in [0.5, 0.6) is 0 Å². The molecule has 1 saturated carbocycles. The highest BCUT2D eigenvalue weighted by atomic mass is 19.2. The number of rotatable bonds is 3. The molecule has 0 heterocycles. The summed E-state index contributed by atoms with van der Waals surface area (Å²) < 4.78 is 27.9. The summed E-state index contributed by atoms with van der Waals surface area (Å²) in [7, 11) is 0. The van der Waals surface area contributed by atoms with Crippen molar-refractivity contribution in [3.8, 4) is 0 Å². The minimum absolute atomic E-state index is 0.137. The maximum Gasteiger partial charge on any atom is 0.176 e. The summed E-state index contributed by atoms with van der Waals surface area (Å²) in [6.45, 7) is 1.49. The third kappa shape index (κ3) is 2.08. The van der Waals surface area contributed by atoms with E-state index in [0.29, 0.717) is 12.8 Å². The van der Waals surface area contributed by atoms with Crippen molar-refractivity contribution in [3.05, 3.63) is 70.8 Å². The lowest BCUT2D eigenvalue weighted by Crippen LogP contribution is -2.43. The molecule has 0 saturated heterocycles. The Labute approximate surface area is 122 Å². The molecular weight excluding hydrogens is 270 g/mol. The molecule has 0 aliphatic heterocycles. The van der Waals surface area contributed by atoms with Gasteiger partial charge in [0.15, 0.2) is 17.4 Å². The van der Waals surface area contributed by atoms with Crippen LogP contribution in [0.3, 0.4) is 0 Å². The molecule has 0 radical (unpaired) electrons. The average Bonchev–Trinajstić information content (AvgIpc) is 2.45. The first-order valence-corrected chi connectivity index (χ1v) is 7.11. The maximum absolute atomic E-state index is 14.1. The quantitative estimate of drug-likeness (QED) is 0.755. The SMILES string of the molecule is Cc1ccc(C(=O)C2(c3ccccc3)CCC2)c(F)c1F. The van der Waals surface area contributed by atoms with Gasteiger partial charge >= 0.3 is 0 Å². The van der Waals surface area contributed by atoms with E-state index in [4.69, 9.17) is 0 Å². The summed E-state index contributed by atoms with van der Waals surface area (Å²) in [5, 5.41) is 0. The van der Waals surface area contributed by atoms with Gasteiger partial charge in [-0.25, -0.2) is 8.78 Å². The Morgan fingerprint density at radius 2 is 1.67 bits per heavy atom. The largest absolute Gasteiger partial charge is 0.293 e. The highest BCUT2D eigenvalue weighted by Crippen LogP contribution is 2.46. The molecule has 2 aromatic rings. The summed E-state index contributed by atoms with van der Waals surface area (Å²) in [4.78, 5) is 12.8. The van der Waals surface area contributed by atoms with Crippen LogP contribution in [0.25, 0.3) is 0 Å². The fourth-order valence-corrected chi connectivity index (χ4v) is 3.01. The highest BCUT2D eigenvalue weighted by Gasteiger charge is 2.46. The Morgan fingerprint density at radius 3 is 2.24 bits per heavy atom. The third-order valence-corrected chi connectivity index (χ3v) is 4.49. The molecule has 0 bridgehead atoms. The van der Waals surface area contributed by atoms with Crippen LogP contribution in [-0.4, -0.2) is 5.78 Å². The van der Waals surface area contributed by atoms with Crippen LogP contribution < -0.4 is 0 Å². The lowest BCUT2D eigenvalue weighted by Gasteiger charge is -2.41. The Morgan fingerprint density at radius 1 is 1.00 bits per heavy atom. The van der Waals surface area contributed by atoms with Crippen LogP contribution in [0.1, 0.15) is 40.7 Å². The van der Waals surface area contributed by atoms with Crippen LogP contribution in [0.2, 0.25) is 0 Å². The van der Waals surface area contributed by atoms with Crippen molar-refractivity contribution in [2.24, 2.45) is 0 Å². The fourth-order valence-electron chi connectivity index (χ4n) is 3.01. The van der Waals surface area contributed by atoms with Gasteiger partial charge in [0.1, 0.15) is 0 Å². The van der Waals surface area contributed by atoms with Crippen molar-refractivity contribution in [1.29, 1.82) is 0 Å². The Hall–Kier alpha value is -2.03. The van der Waals surface area contributed by atoms with Gasteiger partial charge in [0, 0.05) is 0 Å². The van der Waals surface area contributed by atoms with Crippen LogP contribution >= 0.6 is 0 Å². The van der Waals surface area contributed by atoms with Gasteiger partial charge < -0.3 is 0 Å². The van der Waals surface area contributed by atoms with E-state index in [1.54, 1.807) is 0 Å². The van der Waals surface area contributed by atoms with Gasteiger partial charge in [-0.3, -0.25) is 4.79 Å². The topological polar surface area (TPSA) is 17.1 Å². The van der Waals surface area contributed by atoms with Crippen molar-refractivity contribution in [2.75, 3.05) is 0 Å². The van der Waals surface area contributed by atoms with Gasteiger partial charge in [-0.2, -0.15) is 0 Å². The number of aryl methyl sites for hydroxylation is 1. The third-order valence-electron chi connectivity index (χ3n) is 4.49. The van der Waals surface area contributed by atoms with Gasteiger partial charge in [-0.1, -0.05) is 42.8 Å². The number of hydrogen-bond donors (Lipinski definition) is 0. The van der Waals surface area contributed by atoms with Gasteiger partial charge in [0.2, 0.25) is 0 Å². The molecule has 2 aromatic carbocycles. The van der Waals surface area contributed by atoms with Crippen LogP contribution in [-0.2, 0) is 5.41 Å². The van der Waals surface area contributed by atoms with Crippen molar-refractivity contribution < 1.29 is 13.6 Å². The fraction of sp³-hybridized carbons (Fsp3) is 0.278. The zero-order valence-electron chi connectivity index (χ0n) is 11.8. The second-order valence-corrected chi connectivity index (χ2v) is 5.69. The molecule has 1 nitrogen and oxygen atoms in total. The molecule has 0 aromatic heterocycles. The lowest BCUT2D eigenvalue weighted by molar-refractivity contribution is 0.0783. The summed E-state index contributed by atoms with van der Waals surface area (Å²) in [6, 6.07) is 12.3. The number of carbonyl (C=O) groups is 1. The molecule has 1 aliphatic rings. The van der Waals surface area contributed by atoms with Gasteiger partial charge in [-0.15, -0.1) is 0 Å². The zero-order chi connectivity index (χ0) is 15.0. The molecule has 0 N–H and O–H groups in total. The maximum atomic E-state index is 14.1. The monoisotopic (exact) mass is 286 g/mol. The minimum atomic E-state index is -1.03. The molecule has 0 atom stereocenters. The van der Waals surface area contributed by atoms with E-state index in [0.717, 1.165) is 12.0 Å². The summed E-state index contributed by atoms with van der Waals surface area (Å²) in [5.74, 6) is -2.26. The van der Waals surface area contributed by atoms with E-state index in [1.807, 2.05) is 30.3 Å². The van der Waals surface area contributed by atoms with E-state index in [9.17, 15) is 13.6 Å². The zero-order valence-corrected chi connectivity index (χ0v) is 11.8. The second kappa shape index (κ2) is 5.06. The summed E-state index contributed by atoms with van der Waals surface area (Å²) in [5.41, 5.74) is 0.277. The molecule has 21 heavy (non-hydrogen) atoms. The molecule has 0 spiro atoms. The molecule has 108 valence electrons. The van der Waals surface area contributed by atoms with Crippen molar-refractivity contribution in [1.82, 2.24) is 0 Å². The van der Waals surface area contributed by atoms with Crippen molar-refractivity contribution >= 4 is 5.78 Å². The number of benzene rings is 2. The number of carbonyl (C=O) groups excluding carboxylic acids is 1. The predicted molar refractivity (Wildman–Crippen MR) is 77.4 cm³/mol. The minimum Gasteiger partial charge on any atom is -0.293 e. The Kier molecular flexibility index (Phi) is 3.36. The first kappa shape index (κ1) is 13.9. The summed E-state index contributed by atoms with van der Waals surface area (Å²) >= 11 is 0. The Bertz CT molecular complexity index is 688. The van der Waals surface area contributed by atoms with Crippen molar-refractivity contribution in [3.63, 3.8) is 0 Å². The molecule has 1 aliphatic carbocycles. The average molecular weight is 286 g/mol. The molecule has 0 unspecified atom stereocenters. The smallest absolute Gasteiger partial charge is 0.176 e. The first-order chi connectivity index (χ1) is 10.1. The van der Waals surface area contributed by atoms with Gasteiger partial charge in [-0.05, 0) is 37.0 Å². The van der Waals surface area contributed by atoms with E-state index < -0.39 is 17.0 Å². The molecule has 3 rings (SSSR count). The van der Waals surface area contributed by atoms with E-state index in [1.165, 1.54) is 19.1 Å². The number of hydrogen-bond acceptors (Lipinski definition) is 1. The van der Waals surface area contributed by atoms with Crippen LogP contribution in [0.4, 0.5) is 8.78 Å². The summed E-state index contributed by atoms with van der Waals surface area (Å²) in [6.07, 6.45) is 2.30. The second-order valence-electron chi connectivity index (χ2n) is 5.69. The molecule has 3 heteroatoms. The molecule has 1 fully saturated rings. The molecular formula is C18H16F2O. The van der Waals surface area contributed by atoms with Gasteiger partial charge in [0.25, 0.3) is 0 Å². The lowest BCUT2D eigenvalue weighted by atomic mass is 9.60. The number of Topliss-reactive ketones (excluding diaryl/α,β-unsaturated/α-hetero) is 1.